The standard InChI is InChI=1S/C21H20N4O2S2/c1-3-10-25-20(18-5-4-11-26-18)23-24-21(25)29-14-16-13-28-19(22-16)12-27-17-8-6-15(2)7-9-17/h3-9,11,13H,1,10,12,14H2,2H3. The summed E-state index contributed by atoms with van der Waals surface area (Å²) in [5, 5.41) is 12.4. The third-order valence-electron chi connectivity index (χ3n) is 4.10. The third-order valence-corrected chi connectivity index (χ3v) is 5.97. The van der Waals surface area contributed by atoms with Crippen molar-refractivity contribution in [3.63, 3.8) is 0 Å². The normalized spacial score (nSPS) is 10.9. The Morgan fingerprint density at radius 3 is 2.86 bits per heavy atom. The fourth-order valence-corrected chi connectivity index (χ4v) is 4.33. The van der Waals surface area contributed by atoms with Gasteiger partial charge >= 0.3 is 0 Å². The molecule has 0 fully saturated rings. The van der Waals surface area contributed by atoms with Gasteiger partial charge in [-0.3, -0.25) is 4.57 Å². The zero-order valence-electron chi connectivity index (χ0n) is 15.9. The lowest BCUT2D eigenvalue weighted by Crippen LogP contribution is -2.00. The van der Waals surface area contributed by atoms with Crippen LogP contribution >= 0.6 is 23.1 Å². The molecule has 6 nitrogen and oxygen atoms in total. The molecule has 0 spiro atoms. The van der Waals surface area contributed by atoms with Crippen LogP contribution in [-0.2, 0) is 18.9 Å². The van der Waals surface area contributed by atoms with Gasteiger partial charge < -0.3 is 9.15 Å². The maximum Gasteiger partial charge on any atom is 0.200 e. The molecule has 148 valence electrons. The summed E-state index contributed by atoms with van der Waals surface area (Å²) >= 11 is 3.19. The fourth-order valence-electron chi connectivity index (χ4n) is 2.68. The molecule has 0 N–H and O–H groups in total. The van der Waals surface area contributed by atoms with Gasteiger partial charge in [0.15, 0.2) is 10.9 Å². The molecule has 29 heavy (non-hydrogen) atoms. The molecule has 0 aliphatic carbocycles. The Bertz CT molecular complexity index is 1070. The monoisotopic (exact) mass is 424 g/mol. The van der Waals surface area contributed by atoms with Gasteiger partial charge in [0.25, 0.3) is 0 Å². The SMILES string of the molecule is C=CCn1c(SCc2csc(COc3ccc(C)cc3)n2)nnc1-c1ccco1. The second-order valence-electron chi connectivity index (χ2n) is 6.31. The van der Waals surface area contributed by atoms with Gasteiger partial charge in [-0.05, 0) is 31.2 Å². The highest BCUT2D eigenvalue weighted by Crippen LogP contribution is 2.27. The van der Waals surface area contributed by atoms with Gasteiger partial charge in [0.05, 0.1) is 12.0 Å². The molecule has 4 aromatic rings. The summed E-state index contributed by atoms with van der Waals surface area (Å²) in [4.78, 5) is 4.67. The number of benzene rings is 1. The number of allylic oxidation sites excluding steroid dienone is 1. The predicted molar refractivity (Wildman–Crippen MR) is 115 cm³/mol. The predicted octanol–water partition coefficient (Wildman–Crippen LogP) is 5.36. The van der Waals surface area contributed by atoms with Gasteiger partial charge in [-0.25, -0.2) is 4.98 Å². The molecular formula is C21H20N4O2S2. The van der Waals surface area contributed by atoms with Crippen molar-refractivity contribution in [2.75, 3.05) is 0 Å². The van der Waals surface area contributed by atoms with Crippen molar-refractivity contribution in [3.8, 4) is 17.3 Å². The van der Waals surface area contributed by atoms with Crippen LogP contribution < -0.4 is 4.74 Å². The molecule has 3 aromatic heterocycles. The van der Waals surface area contributed by atoms with E-state index in [0.717, 1.165) is 21.6 Å². The first-order valence-electron chi connectivity index (χ1n) is 9.06. The van der Waals surface area contributed by atoms with Crippen LogP contribution in [-0.4, -0.2) is 19.7 Å². The molecule has 4 rings (SSSR count). The Morgan fingerprint density at radius 2 is 2.10 bits per heavy atom. The first-order chi connectivity index (χ1) is 14.2. The Kier molecular flexibility index (Phi) is 6.12. The van der Waals surface area contributed by atoms with E-state index >= 15 is 0 Å². The average molecular weight is 425 g/mol. The van der Waals surface area contributed by atoms with Crippen molar-refractivity contribution >= 4 is 23.1 Å². The highest BCUT2D eigenvalue weighted by molar-refractivity contribution is 7.98. The Balaban J connectivity index is 1.38. The number of thiazole rings is 1. The number of hydrogen-bond donors (Lipinski definition) is 0. The van der Waals surface area contributed by atoms with E-state index in [1.54, 1.807) is 29.4 Å². The topological polar surface area (TPSA) is 66.0 Å². The van der Waals surface area contributed by atoms with Gasteiger partial charge in [0, 0.05) is 17.7 Å². The van der Waals surface area contributed by atoms with E-state index in [-0.39, 0.29) is 0 Å². The lowest BCUT2D eigenvalue weighted by molar-refractivity contribution is 0.305. The summed E-state index contributed by atoms with van der Waals surface area (Å²) in [6, 6.07) is 11.7. The van der Waals surface area contributed by atoms with Gasteiger partial charge in [-0.2, -0.15) is 0 Å². The van der Waals surface area contributed by atoms with E-state index in [2.05, 4.69) is 34.1 Å². The average Bonchev–Trinajstić information content (AvgIpc) is 3.47. The van der Waals surface area contributed by atoms with E-state index < -0.39 is 0 Å². The van der Waals surface area contributed by atoms with E-state index in [4.69, 9.17) is 9.15 Å². The summed E-state index contributed by atoms with van der Waals surface area (Å²) in [6.45, 7) is 6.96. The number of thioether (sulfide) groups is 1. The molecule has 1 aromatic carbocycles. The van der Waals surface area contributed by atoms with E-state index in [9.17, 15) is 0 Å². The van der Waals surface area contributed by atoms with E-state index in [1.165, 1.54) is 5.56 Å². The van der Waals surface area contributed by atoms with Crippen LogP contribution in [0.3, 0.4) is 0 Å². The number of rotatable bonds is 9. The summed E-state index contributed by atoms with van der Waals surface area (Å²) in [6.07, 6.45) is 3.45. The zero-order chi connectivity index (χ0) is 20.1. The summed E-state index contributed by atoms with van der Waals surface area (Å²) in [5.74, 6) is 2.94. The van der Waals surface area contributed by atoms with Crippen LogP contribution in [0.5, 0.6) is 5.75 Å². The smallest absolute Gasteiger partial charge is 0.200 e. The van der Waals surface area contributed by atoms with Crippen molar-refractivity contribution in [1.29, 1.82) is 0 Å². The Hall–Kier alpha value is -2.84. The molecule has 0 saturated heterocycles. The number of aryl methyl sites for hydroxylation is 1. The number of aromatic nitrogens is 4. The largest absolute Gasteiger partial charge is 0.486 e. The quantitative estimate of drug-likeness (QED) is 0.266. The minimum absolute atomic E-state index is 0.466. The minimum atomic E-state index is 0.466. The minimum Gasteiger partial charge on any atom is -0.486 e. The van der Waals surface area contributed by atoms with Crippen LogP contribution in [0.15, 0.2) is 70.3 Å². The molecule has 0 atom stereocenters. The number of furan rings is 1. The molecule has 0 unspecified atom stereocenters. The van der Waals surface area contributed by atoms with Gasteiger partial charge in [-0.1, -0.05) is 35.5 Å². The van der Waals surface area contributed by atoms with Crippen LogP contribution in [0.2, 0.25) is 0 Å². The van der Waals surface area contributed by atoms with E-state index in [1.807, 2.05) is 47.0 Å². The Labute approximate surface area is 177 Å². The second-order valence-corrected chi connectivity index (χ2v) is 8.19. The highest BCUT2D eigenvalue weighted by atomic mass is 32.2. The summed E-state index contributed by atoms with van der Waals surface area (Å²) < 4.78 is 13.3. The zero-order valence-corrected chi connectivity index (χ0v) is 17.6. The van der Waals surface area contributed by atoms with Crippen molar-refractivity contribution in [3.05, 3.63) is 77.0 Å². The lowest BCUT2D eigenvalue weighted by atomic mass is 10.2. The third kappa shape index (κ3) is 4.78. The summed E-state index contributed by atoms with van der Waals surface area (Å²) in [5.41, 5.74) is 2.21. The first-order valence-corrected chi connectivity index (χ1v) is 10.9. The van der Waals surface area contributed by atoms with Crippen molar-refractivity contribution in [1.82, 2.24) is 19.7 Å². The van der Waals surface area contributed by atoms with Crippen molar-refractivity contribution in [2.45, 2.75) is 31.0 Å². The van der Waals surface area contributed by atoms with Crippen molar-refractivity contribution < 1.29 is 9.15 Å². The van der Waals surface area contributed by atoms with E-state index in [0.29, 0.717) is 30.5 Å². The fraction of sp³-hybridized carbons (Fsp3) is 0.190. The first kappa shape index (κ1) is 19.5. The van der Waals surface area contributed by atoms with Gasteiger partial charge in [-0.15, -0.1) is 28.1 Å². The van der Waals surface area contributed by atoms with Gasteiger partial charge in [0.2, 0.25) is 5.82 Å². The molecule has 8 heteroatoms. The Morgan fingerprint density at radius 1 is 1.24 bits per heavy atom. The molecule has 0 aliphatic rings. The molecule has 0 saturated carbocycles. The molecule has 3 heterocycles. The molecule has 0 radical (unpaired) electrons. The second kappa shape index (κ2) is 9.11. The number of nitrogens with zero attached hydrogens (tertiary/aromatic N) is 4. The maximum absolute atomic E-state index is 5.81. The lowest BCUT2D eigenvalue weighted by Gasteiger charge is -2.05. The van der Waals surface area contributed by atoms with Crippen LogP contribution in [0.25, 0.3) is 11.6 Å². The number of ether oxygens (including phenoxy) is 1. The molecule has 0 bridgehead atoms. The van der Waals surface area contributed by atoms with Crippen LogP contribution in [0.1, 0.15) is 16.3 Å². The van der Waals surface area contributed by atoms with Crippen LogP contribution in [0, 0.1) is 6.92 Å². The maximum atomic E-state index is 5.81. The molecular weight excluding hydrogens is 404 g/mol. The summed E-state index contributed by atoms with van der Waals surface area (Å²) in [7, 11) is 0. The molecule has 0 amide bonds. The molecule has 0 aliphatic heterocycles. The van der Waals surface area contributed by atoms with Gasteiger partial charge in [0.1, 0.15) is 17.4 Å². The number of hydrogen-bond acceptors (Lipinski definition) is 7. The van der Waals surface area contributed by atoms with Crippen molar-refractivity contribution in [2.24, 2.45) is 0 Å². The van der Waals surface area contributed by atoms with Crippen LogP contribution in [0.4, 0.5) is 0 Å². The highest BCUT2D eigenvalue weighted by Gasteiger charge is 2.16.